The van der Waals surface area contributed by atoms with Crippen molar-refractivity contribution in [2.45, 2.75) is 20.3 Å². The first-order valence-corrected chi connectivity index (χ1v) is 9.01. The average molecular weight is 378 g/mol. The number of halogens is 1. The summed E-state index contributed by atoms with van der Waals surface area (Å²) in [5.74, 6) is -0.731. The molecule has 1 amide bonds. The number of carbonyl (C=O) groups excluding carboxylic acids is 2. The molecule has 0 aliphatic carbocycles. The van der Waals surface area contributed by atoms with Crippen LogP contribution in [-0.4, -0.2) is 18.5 Å². The molecule has 5 nitrogen and oxygen atoms in total. The van der Waals surface area contributed by atoms with Gasteiger partial charge in [-0.1, -0.05) is 18.5 Å². The van der Waals surface area contributed by atoms with Crippen LogP contribution >= 0.6 is 22.9 Å². The minimum Gasteiger partial charge on any atom is -0.462 e. The molecule has 1 aromatic carbocycles. The van der Waals surface area contributed by atoms with Crippen molar-refractivity contribution in [1.82, 2.24) is 0 Å². The minimum absolute atomic E-state index is 0.151. The van der Waals surface area contributed by atoms with E-state index in [0.29, 0.717) is 21.2 Å². The predicted octanol–water partition coefficient (Wildman–Crippen LogP) is 5.14. The SMILES string of the molecule is CCOC(=O)c1cc(CC)sc1NC(=O)c1cc2cc(Cl)ccc2o1. The van der Waals surface area contributed by atoms with Gasteiger partial charge in [0, 0.05) is 15.3 Å². The van der Waals surface area contributed by atoms with E-state index in [-0.39, 0.29) is 12.4 Å². The van der Waals surface area contributed by atoms with Gasteiger partial charge in [-0.05, 0) is 43.7 Å². The molecule has 0 bridgehead atoms. The highest BCUT2D eigenvalue weighted by molar-refractivity contribution is 7.16. The van der Waals surface area contributed by atoms with Gasteiger partial charge in [-0.25, -0.2) is 4.79 Å². The second-order valence-electron chi connectivity index (χ2n) is 5.28. The Labute approximate surface area is 153 Å². The number of aryl methyl sites for hydroxylation is 1. The number of ether oxygens (including phenoxy) is 1. The molecule has 3 rings (SSSR count). The number of nitrogens with one attached hydrogen (secondary N) is 1. The second-order valence-corrected chi connectivity index (χ2v) is 6.85. The Morgan fingerprint density at radius 3 is 2.76 bits per heavy atom. The Morgan fingerprint density at radius 1 is 1.24 bits per heavy atom. The van der Waals surface area contributed by atoms with Crippen molar-refractivity contribution in [3.63, 3.8) is 0 Å². The van der Waals surface area contributed by atoms with Gasteiger partial charge in [-0.15, -0.1) is 11.3 Å². The van der Waals surface area contributed by atoms with Crippen LogP contribution in [0.5, 0.6) is 0 Å². The van der Waals surface area contributed by atoms with E-state index in [2.05, 4.69) is 5.32 Å². The van der Waals surface area contributed by atoms with Gasteiger partial charge in [0.25, 0.3) is 5.91 Å². The summed E-state index contributed by atoms with van der Waals surface area (Å²) in [6.07, 6.45) is 0.760. The lowest BCUT2D eigenvalue weighted by Crippen LogP contribution is -2.13. The quantitative estimate of drug-likeness (QED) is 0.625. The summed E-state index contributed by atoms with van der Waals surface area (Å²) in [5, 5.41) is 4.51. The lowest BCUT2D eigenvalue weighted by atomic mass is 10.2. The van der Waals surface area contributed by atoms with E-state index in [1.54, 1.807) is 37.3 Å². The van der Waals surface area contributed by atoms with Crippen LogP contribution in [0.25, 0.3) is 11.0 Å². The maximum absolute atomic E-state index is 12.5. The van der Waals surface area contributed by atoms with Crippen molar-refractivity contribution in [3.8, 4) is 0 Å². The van der Waals surface area contributed by atoms with E-state index in [9.17, 15) is 9.59 Å². The first-order chi connectivity index (χ1) is 12.0. The molecule has 2 aromatic heterocycles. The fraction of sp³-hybridized carbons (Fsp3) is 0.222. The third-order valence-electron chi connectivity index (χ3n) is 3.56. The van der Waals surface area contributed by atoms with Crippen molar-refractivity contribution in [2.24, 2.45) is 0 Å². The number of carbonyl (C=O) groups is 2. The van der Waals surface area contributed by atoms with Gasteiger partial charge >= 0.3 is 5.97 Å². The van der Waals surface area contributed by atoms with E-state index < -0.39 is 11.9 Å². The lowest BCUT2D eigenvalue weighted by Gasteiger charge is -2.04. The largest absolute Gasteiger partial charge is 0.462 e. The summed E-state index contributed by atoms with van der Waals surface area (Å²) in [6, 6.07) is 8.49. The number of esters is 1. The maximum Gasteiger partial charge on any atom is 0.341 e. The van der Waals surface area contributed by atoms with Crippen LogP contribution in [0.15, 0.2) is 34.7 Å². The molecule has 2 heterocycles. The van der Waals surface area contributed by atoms with Crippen LogP contribution in [-0.2, 0) is 11.2 Å². The fourth-order valence-electron chi connectivity index (χ4n) is 2.36. The molecule has 0 saturated heterocycles. The third-order valence-corrected chi connectivity index (χ3v) is 4.99. The first-order valence-electron chi connectivity index (χ1n) is 7.82. The normalized spacial score (nSPS) is 10.8. The van der Waals surface area contributed by atoms with Crippen LogP contribution in [0.3, 0.4) is 0 Å². The molecule has 0 fully saturated rings. The topological polar surface area (TPSA) is 68.5 Å². The van der Waals surface area contributed by atoms with Gasteiger partial charge in [0.05, 0.1) is 12.2 Å². The maximum atomic E-state index is 12.5. The number of furan rings is 1. The zero-order chi connectivity index (χ0) is 18.0. The van der Waals surface area contributed by atoms with E-state index in [4.69, 9.17) is 20.8 Å². The van der Waals surface area contributed by atoms with Crippen LogP contribution in [0.1, 0.15) is 39.6 Å². The number of hydrogen-bond acceptors (Lipinski definition) is 5. The number of benzene rings is 1. The Hall–Kier alpha value is -2.31. The number of rotatable bonds is 5. The van der Waals surface area contributed by atoms with E-state index in [0.717, 1.165) is 16.7 Å². The van der Waals surface area contributed by atoms with Gasteiger partial charge in [0.15, 0.2) is 5.76 Å². The van der Waals surface area contributed by atoms with Crippen molar-refractivity contribution in [3.05, 3.63) is 51.6 Å². The van der Waals surface area contributed by atoms with Crippen LogP contribution in [0, 0.1) is 0 Å². The lowest BCUT2D eigenvalue weighted by molar-refractivity contribution is 0.0528. The number of hydrogen-bond donors (Lipinski definition) is 1. The predicted molar refractivity (Wildman–Crippen MR) is 98.8 cm³/mol. The Kier molecular flexibility index (Phi) is 5.11. The minimum atomic E-state index is -0.454. The van der Waals surface area contributed by atoms with Gasteiger partial charge in [-0.2, -0.15) is 0 Å². The molecule has 0 saturated carbocycles. The zero-order valence-electron chi connectivity index (χ0n) is 13.7. The van der Waals surface area contributed by atoms with Crippen molar-refractivity contribution >= 4 is 50.8 Å². The second kappa shape index (κ2) is 7.29. The monoisotopic (exact) mass is 377 g/mol. The standard InChI is InChI=1S/C18H16ClNO4S/c1-3-12-9-13(18(22)23-4-2)17(25-12)20-16(21)15-8-10-7-11(19)5-6-14(10)24-15/h5-9H,3-4H2,1-2H3,(H,20,21). The number of thiophene rings is 1. The van der Waals surface area contributed by atoms with Crippen molar-refractivity contribution in [1.29, 1.82) is 0 Å². The highest BCUT2D eigenvalue weighted by Crippen LogP contribution is 2.30. The molecular formula is C18H16ClNO4S. The van der Waals surface area contributed by atoms with E-state index in [1.165, 1.54) is 11.3 Å². The third kappa shape index (κ3) is 3.70. The summed E-state index contributed by atoms with van der Waals surface area (Å²) in [4.78, 5) is 25.6. The summed E-state index contributed by atoms with van der Waals surface area (Å²) >= 11 is 7.30. The van der Waals surface area contributed by atoms with Crippen LogP contribution < -0.4 is 5.32 Å². The smallest absolute Gasteiger partial charge is 0.341 e. The molecule has 130 valence electrons. The molecule has 7 heteroatoms. The average Bonchev–Trinajstić information content (AvgIpc) is 3.18. The van der Waals surface area contributed by atoms with Gasteiger partial charge in [-0.3, -0.25) is 4.79 Å². The Morgan fingerprint density at radius 2 is 2.04 bits per heavy atom. The molecule has 3 aromatic rings. The molecule has 0 atom stereocenters. The first kappa shape index (κ1) is 17.5. The Bertz CT molecular complexity index is 944. The summed E-state index contributed by atoms with van der Waals surface area (Å²) < 4.78 is 10.6. The molecular weight excluding hydrogens is 362 g/mol. The molecule has 0 unspecified atom stereocenters. The Balaban J connectivity index is 1.88. The number of anilines is 1. The van der Waals surface area contributed by atoms with Crippen LogP contribution in [0.4, 0.5) is 5.00 Å². The molecule has 0 aliphatic heterocycles. The van der Waals surface area contributed by atoms with Crippen molar-refractivity contribution < 1.29 is 18.7 Å². The van der Waals surface area contributed by atoms with Gasteiger partial charge in [0.2, 0.25) is 0 Å². The molecule has 1 N–H and O–H groups in total. The highest BCUT2D eigenvalue weighted by Gasteiger charge is 2.21. The summed E-state index contributed by atoms with van der Waals surface area (Å²) in [5.41, 5.74) is 0.928. The van der Waals surface area contributed by atoms with Gasteiger partial charge in [0.1, 0.15) is 10.6 Å². The summed E-state index contributed by atoms with van der Waals surface area (Å²) in [6.45, 7) is 3.99. The molecule has 25 heavy (non-hydrogen) atoms. The molecule has 0 spiro atoms. The van der Waals surface area contributed by atoms with Crippen molar-refractivity contribution in [2.75, 3.05) is 11.9 Å². The van der Waals surface area contributed by atoms with Crippen LogP contribution in [0.2, 0.25) is 5.02 Å². The number of fused-ring (bicyclic) bond motifs is 1. The van der Waals surface area contributed by atoms with E-state index >= 15 is 0 Å². The fourth-order valence-corrected chi connectivity index (χ4v) is 3.52. The van der Waals surface area contributed by atoms with Gasteiger partial charge < -0.3 is 14.5 Å². The highest BCUT2D eigenvalue weighted by atomic mass is 35.5. The zero-order valence-corrected chi connectivity index (χ0v) is 15.3. The molecule has 0 radical (unpaired) electrons. The molecule has 0 aliphatic rings. The summed E-state index contributed by atoms with van der Waals surface area (Å²) in [7, 11) is 0. The van der Waals surface area contributed by atoms with E-state index in [1.807, 2.05) is 6.92 Å². The number of amides is 1.